The largest absolute Gasteiger partial charge is 0.393 e. The maximum atomic E-state index is 9.15. The van der Waals surface area contributed by atoms with Crippen LogP contribution in [0.15, 0.2) is 23.1 Å². The van der Waals surface area contributed by atoms with Crippen LogP contribution in [0.2, 0.25) is 0 Å². The molecule has 0 aliphatic carbocycles. The highest BCUT2D eigenvalue weighted by Gasteiger charge is 2.01. The smallest absolute Gasteiger partial charge is 0.0606 e. The lowest BCUT2D eigenvalue weighted by atomic mass is 10.2. The van der Waals surface area contributed by atoms with Gasteiger partial charge in [-0.05, 0) is 32.4 Å². The van der Waals surface area contributed by atoms with Crippen LogP contribution in [0.4, 0.5) is 0 Å². The normalized spacial score (nSPS) is 12.9. The van der Waals surface area contributed by atoms with Gasteiger partial charge in [0.25, 0.3) is 0 Å². The van der Waals surface area contributed by atoms with Crippen molar-refractivity contribution < 1.29 is 5.11 Å². The van der Waals surface area contributed by atoms with Crippen molar-refractivity contribution in [2.75, 3.05) is 5.75 Å². The van der Waals surface area contributed by atoms with E-state index in [9.17, 15) is 0 Å². The van der Waals surface area contributed by atoms with E-state index in [2.05, 4.69) is 32.0 Å². The van der Waals surface area contributed by atoms with Crippen LogP contribution in [0.1, 0.15) is 18.1 Å². The van der Waals surface area contributed by atoms with Crippen LogP contribution in [-0.4, -0.2) is 17.0 Å². The minimum absolute atomic E-state index is 0.232. The molecule has 1 rings (SSSR count). The molecule has 1 N–H and O–H groups in total. The van der Waals surface area contributed by atoms with Gasteiger partial charge >= 0.3 is 0 Å². The Hall–Kier alpha value is -0.470. The Labute approximate surface area is 84.2 Å². The molecule has 0 spiro atoms. The summed E-state index contributed by atoms with van der Waals surface area (Å²) in [5, 5.41) is 9.15. The molecule has 0 heterocycles. The minimum Gasteiger partial charge on any atom is -0.393 e. The number of hydrogen-bond acceptors (Lipinski definition) is 2. The third kappa shape index (κ3) is 3.41. The van der Waals surface area contributed by atoms with Crippen LogP contribution < -0.4 is 0 Å². The summed E-state index contributed by atoms with van der Waals surface area (Å²) in [7, 11) is 0. The van der Waals surface area contributed by atoms with E-state index in [-0.39, 0.29) is 6.10 Å². The molecule has 0 radical (unpaired) electrons. The minimum atomic E-state index is -0.232. The predicted molar refractivity (Wildman–Crippen MR) is 58.3 cm³/mol. The first kappa shape index (κ1) is 10.6. The van der Waals surface area contributed by atoms with Gasteiger partial charge in [0.2, 0.25) is 0 Å². The number of aryl methyl sites for hydroxylation is 2. The van der Waals surface area contributed by atoms with Crippen molar-refractivity contribution in [3.05, 3.63) is 29.3 Å². The molecule has 0 unspecified atom stereocenters. The average Bonchev–Trinajstić information content (AvgIpc) is 2.06. The van der Waals surface area contributed by atoms with Crippen molar-refractivity contribution in [1.29, 1.82) is 0 Å². The molecule has 1 atom stereocenters. The molecule has 72 valence electrons. The van der Waals surface area contributed by atoms with Crippen LogP contribution in [0.5, 0.6) is 0 Å². The summed E-state index contributed by atoms with van der Waals surface area (Å²) in [6.45, 7) is 6.01. The first-order chi connectivity index (χ1) is 6.09. The molecular formula is C11H16OS. The van der Waals surface area contributed by atoms with Crippen LogP contribution in [0.25, 0.3) is 0 Å². The molecule has 0 saturated heterocycles. The Balaban J connectivity index is 2.70. The number of rotatable bonds is 3. The fourth-order valence-corrected chi connectivity index (χ4v) is 2.06. The van der Waals surface area contributed by atoms with Gasteiger partial charge in [0.1, 0.15) is 0 Å². The van der Waals surface area contributed by atoms with E-state index in [1.807, 2.05) is 6.92 Å². The first-order valence-electron chi connectivity index (χ1n) is 4.47. The zero-order chi connectivity index (χ0) is 9.84. The zero-order valence-electron chi connectivity index (χ0n) is 8.37. The van der Waals surface area contributed by atoms with Crippen LogP contribution in [0.3, 0.4) is 0 Å². The van der Waals surface area contributed by atoms with E-state index in [1.54, 1.807) is 11.8 Å². The SMILES string of the molecule is Cc1ccc(C)c(SC[C@H](C)O)c1. The van der Waals surface area contributed by atoms with Gasteiger partial charge in [0.15, 0.2) is 0 Å². The summed E-state index contributed by atoms with van der Waals surface area (Å²) in [6.07, 6.45) is -0.232. The highest BCUT2D eigenvalue weighted by atomic mass is 32.2. The molecule has 0 aromatic heterocycles. The Morgan fingerprint density at radius 1 is 1.38 bits per heavy atom. The summed E-state index contributed by atoms with van der Waals surface area (Å²) in [5.74, 6) is 0.768. The average molecular weight is 196 g/mol. The number of benzene rings is 1. The fourth-order valence-electron chi connectivity index (χ4n) is 1.07. The van der Waals surface area contributed by atoms with E-state index in [0.29, 0.717) is 0 Å². The second kappa shape index (κ2) is 4.68. The van der Waals surface area contributed by atoms with E-state index in [0.717, 1.165) is 5.75 Å². The second-order valence-electron chi connectivity index (χ2n) is 3.43. The predicted octanol–water partition coefficient (Wildman–Crippen LogP) is 2.78. The maximum absolute atomic E-state index is 9.15. The molecule has 0 amide bonds. The molecular weight excluding hydrogens is 180 g/mol. The number of aliphatic hydroxyl groups excluding tert-OH is 1. The molecule has 1 aromatic carbocycles. The van der Waals surface area contributed by atoms with Gasteiger partial charge in [0, 0.05) is 10.6 Å². The van der Waals surface area contributed by atoms with Gasteiger partial charge in [-0.3, -0.25) is 0 Å². The van der Waals surface area contributed by atoms with E-state index < -0.39 is 0 Å². The Kier molecular flexibility index (Phi) is 3.82. The summed E-state index contributed by atoms with van der Waals surface area (Å²) < 4.78 is 0. The van der Waals surface area contributed by atoms with Crippen LogP contribution in [-0.2, 0) is 0 Å². The van der Waals surface area contributed by atoms with Crippen LogP contribution >= 0.6 is 11.8 Å². The summed E-state index contributed by atoms with van der Waals surface area (Å²) >= 11 is 1.72. The maximum Gasteiger partial charge on any atom is 0.0606 e. The van der Waals surface area contributed by atoms with Crippen LogP contribution in [0, 0.1) is 13.8 Å². The van der Waals surface area contributed by atoms with Gasteiger partial charge < -0.3 is 5.11 Å². The van der Waals surface area contributed by atoms with Gasteiger partial charge in [-0.2, -0.15) is 0 Å². The Morgan fingerprint density at radius 3 is 2.69 bits per heavy atom. The molecule has 1 nitrogen and oxygen atoms in total. The van der Waals surface area contributed by atoms with Crippen molar-refractivity contribution in [2.24, 2.45) is 0 Å². The molecule has 0 fully saturated rings. The fraction of sp³-hybridized carbons (Fsp3) is 0.455. The van der Waals surface area contributed by atoms with E-state index in [1.165, 1.54) is 16.0 Å². The molecule has 1 aromatic rings. The lowest BCUT2D eigenvalue weighted by Gasteiger charge is -2.07. The highest BCUT2D eigenvalue weighted by molar-refractivity contribution is 7.99. The standard InChI is InChI=1S/C11H16OS/c1-8-4-5-9(2)11(6-8)13-7-10(3)12/h4-6,10,12H,7H2,1-3H3/t10-/m0/s1. The lowest BCUT2D eigenvalue weighted by molar-refractivity contribution is 0.220. The van der Waals surface area contributed by atoms with Gasteiger partial charge in [-0.25, -0.2) is 0 Å². The van der Waals surface area contributed by atoms with Crippen molar-refractivity contribution in [3.63, 3.8) is 0 Å². The Bertz CT molecular complexity index is 281. The number of aliphatic hydroxyl groups is 1. The lowest BCUT2D eigenvalue weighted by Crippen LogP contribution is -2.02. The summed E-state index contributed by atoms with van der Waals surface area (Å²) in [4.78, 5) is 1.28. The summed E-state index contributed by atoms with van der Waals surface area (Å²) in [5.41, 5.74) is 2.56. The monoisotopic (exact) mass is 196 g/mol. The first-order valence-corrected chi connectivity index (χ1v) is 5.46. The van der Waals surface area contributed by atoms with Gasteiger partial charge in [-0.15, -0.1) is 11.8 Å². The van der Waals surface area contributed by atoms with Gasteiger partial charge in [-0.1, -0.05) is 17.7 Å². The number of hydrogen-bond donors (Lipinski definition) is 1. The van der Waals surface area contributed by atoms with Gasteiger partial charge in [0.05, 0.1) is 6.10 Å². The second-order valence-corrected chi connectivity index (χ2v) is 4.49. The third-order valence-electron chi connectivity index (χ3n) is 1.82. The van der Waals surface area contributed by atoms with E-state index in [4.69, 9.17) is 5.11 Å². The third-order valence-corrected chi connectivity index (χ3v) is 3.22. The molecule has 13 heavy (non-hydrogen) atoms. The zero-order valence-corrected chi connectivity index (χ0v) is 9.19. The molecule has 0 aliphatic rings. The molecule has 0 bridgehead atoms. The van der Waals surface area contributed by atoms with Crippen molar-refractivity contribution in [1.82, 2.24) is 0 Å². The Morgan fingerprint density at radius 2 is 2.08 bits per heavy atom. The van der Waals surface area contributed by atoms with Crippen molar-refractivity contribution in [3.8, 4) is 0 Å². The van der Waals surface area contributed by atoms with Crippen molar-refractivity contribution in [2.45, 2.75) is 31.8 Å². The molecule has 0 saturated carbocycles. The van der Waals surface area contributed by atoms with Crippen molar-refractivity contribution >= 4 is 11.8 Å². The quantitative estimate of drug-likeness (QED) is 0.750. The topological polar surface area (TPSA) is 20.2 Å². The summed E-state index contributed by atoms with van der Waals surface area (Å²) in [6, 6.07) is 6.41. The number of thioether (sulfide) groups is 1. The van der Waals surface area contributed by atoms with E-state index >= 15 is 0 Å². The molecule has 2 heteroatoms. The molecule has 0 aliphatic heterocycles. The highest BCUT2D eigenvalue weighted by Crippen LogP contribution is 2.23.